The van der Waals surface area contributed by atoms with E-state index in [1.165, 1.54) is 16.7 Å². The fraction of sp³-hybridized carbons (Fsp3) is 0.127. The number of hydrogen-bond donors (Lipinski definition) is 0. The molecular formula is C55H43N5Pt. The van der Waals surface area contributed by atoms with Crippen molar-refractivity contribution in [2.24, 2.45) is 0 Å². The van der Waals surface area contributed by atoms with E-state index in [0.29, 0.717) is 11.7 Å². The molecule has 11 rings (SSSR count). The summed E-state index contributed by atoms with van der Waals surface area (Å²) in [7, 11) is 0. The molecule has 7 aromatic carbocycles. The summed E-state index contributed by atoms with van der Waals surface area (Å²) in [6.07, 6.45) is 1.91. The van der Waals surface area contributed by atoms with E-state index < -0.39 is 6.85 Å². The van der Waals surface area contributed by atoms with Crippen LogP contribution in [0.1, 0.15) is 60.0 Å². The van der Waals surface area contributed by atoms with E-state index in [2.05, 4.69) is 158 Å². The number of fused-ring (bicyclic) bond motifs is 7. The molecule has 0 amide bonds. The molecule has 0 unspecified atom stereocenters. The van der Waals surface area contributed by atoms with Crippen molar-refractivity contribution in [2.45, 2.75) is 45.9 Å². The van der Waals surface area contributed by atoms with Gasteiger partial charge in [-0.25, -0.2) is 9.97 Å². The maximum absolute atomic E-state index is 8.05. The van der Waals surface area contributed by atoms with Gasteiger partial charge in [-0.05, 0) is 87.5 Å². The fourth-order valence-electron chi connectivity index (χ4n) is 9.01. The van der Waals surface area contributed by atoms with Crippen LogP contribution in [0.3, 0.4) is 0 Å². The molecule has 6 heteroatoms. The average Bonchev–Trinajstić information content (AvgIpc) is 3.98. The van der Waals surface area contributed by atoms with Crippen LogP contribution >= 0.6 is 0 Å². The fourth-order valence-corrected chi connectivity index (χ4v) is 9.01. The number of aromatic nitrogens is 5. The minimum atomic E-state index is -2.22. The van der Waals surface area contributed by atoms with Crippen LogP contribution in [0.25, 0.3) is 88.7 Å². The van der Waals surface area contributed by atoms with Gasteiger partial charge in [0.25, 0.3) is 0 Å². The Morgan fingerprint density at radius 1 is 0.656 bits per heavy atom. The summed E-state index contributed by atoms with van der Waals surface area (Å²) in [5, 5.41) is 4.36. The summed E-state index contributed by atoms with van der Waals surface area (Å²) in [6, 6.07) is 57.9. The molecule has 0 saturated heterocycles. The average molecular weight is 972 g/mol. The van der Waals surface area contributed by atoms with E-state index in [4.69, 9.17) is 19.1 Å². The molecule has 0 fully saturated rings. The standard InChI is InChI=1S/C55H43N5.Pt/c1-34(2)36-29-30-56-51(32-36)60-48-28-24-39(55(4,5)38-13-7-6-8-14-38)33-46(48)43-27-23-37(31-50(43)60)41-16-12-20-49-53(41)58-54(59(49)40-25-21-35(3)22-26-40)45-18-11-17-44-42-15-9-10-19-47(42)57-52(44)45;/h6-30,32-34H,1-5H3;/q-2;+2/i3D3;. The van der Waals surface area contributed by atoms with Gasteiger partial charge in [-0.15, -0.1) is 34.8 Å². The van der Waals surface area contributed by atoms with Crippen molar-refractivity contribution in [3.63, 3.8) is 0 Å². The zero-order chi connectivity index (χ0) is 43.2. The number of rotatable bonds is 7. The predicted octanol–water partition coefficient (Wildman–Crippen LogP) is 13.7. The first-order chi connectivity index (χ1) is 30.5. The Morgan fingerprint density at radius 2 is 1.43 bits per heavy atom. The third kappa shape index (κ3) is 6.25. The van der Waals surface area contributed by atoms with Gasteiger partial charge in [-0.1, -0.05) is 153 Å². The molecule has 0 aliphatic heterocycles. The maximum Gasteiger partial charge on any atom is 2.00 e. The number of imidazole rings is 1. The normalized spacial score (nSPS) is 13.0. The molecule has 0 saturated carbocycles. The number of aryl methyl sites for hydroxylation is 1. The number of hydrogen-bond acceptors (Lipinski definition) is 2. The van der Waals surface area contributed by atoms with Crippen molar-refractivity contribution >= 4 is 54.6 Å². The number of para-hydroxylation sites is 3. The quantitative estimate of drug-likeness (QED) is 0.150. The minimum absolute atomic E-state index is 0. The number of benzene rings is 7. The van der Waals surface area contributed by atoms with Crippen molar-refractivity contribution in [1.29, 1.82) is 0 Å². The van der Waals surface area contributed by atoms with Crippen molar-refractivity contribution < 1.29 is 25.2 Å². The largest absolute Gasteiger partial charge is 2.00 e. The minimum Gasteiger partial charge on any atom is -0.656 e. The topological polar surface area (TPSA) is 49.7 Å². The monoisotopic (exact) mass is 971 g/mol. The molecule has 4 heterocycles. The number of pyridine rings is 1. The molecule has 11 aromatic rings. The Hall–Kier alpha value is -6.55. The van der Waals surface area contributed by atoms with E-state index in [9.17, 15) is 0 Å². The molecule has 0 spiro atoms. The Balaban J connectivity index is 0.00000484. The maximum atomic E-state index is 8.05. The van der Waals surface area contributed by atoms with E-state index in [0.717, 1.165) is 82.8 Å². The first kappa shape index (κ1) is 35.2. The van der Waals surface area contributed by atoms with E-state index in [1.807, 2.05) is 36.5 Å². The van der Waals surface area contributed by atoms with Crippen LogP contribution in [0.4, 0.5) is 0 Å². The van der Waals surface area contributed by atoms with Gasteiger partial charge in [0.2, 0.25) is 0 Å². The molecule has 61 heavy (non-hydrogen) atoms. The van der Waals surface area contributed by atoms with Gasteiger partial charge in [-0.2, -0.15) is 0 Å². The first-order valence-electron chi connectivity index (χ1n) is 22.1. The molecular weight excluding hydrogens is 926 g/mol. The van der Waals surface area contributed by atoms with Crippen molar-refractivity contribution in [1.82, 2.24) is 24.1 Å². The third-order valence-corrected chi connectivity index (χ3v) is 12.4. The second-order valence-electron chi connectivity index (χ2n) is 16.6. The molecule has 0 aliphatic rings. The molecule has 0 bridgehead atoms. The van der Waals surface area contributed by atoms with Crippen molar-refractivity contribution in [3.8, 4) is 34.0 Å². The summed E-state index contributed by atoms with van der Waals surface area (Å²) in [4.78, 5) is 15.6. The SMILES string of the molecule is [2H]C([2H])([2H])c1ccc(-n2c(-c3cccc4c3[n-]c3ccccc34)nc3c(-c4[c-]c5c(cc4)c4cc(C(C)(C)c6ccccc6)ccc4n5-c4cc(C(C)C)ccn4)cccc32)cc1.[Pt+2]. The third-order valence-electron chi connectivity index (χ3n) is 12.4. The van der Waals surface area contributed by atoms with Crippen LogP contribution in [0.5, 0.6) is 0 Å². The molecule has 5 nitrogen and oxygen atoms in total. The van der Waals surface area contributed by atoms with Crippen LogP contribution in [-0.4, -0.2) is 19.1 Å². The first-order valence-corrected chi connectivity index (χ1v) is 20.6. The van der Waals surface area contributed by atoms with Crippen molar-refractivity contribution in [2.75, 3.05) is 0 Å². The Bertz CT molecular complexity index is 3560. The Labute approximate surface area is 374 Å². The second-order valence-corrected chi connectivity index (χ2v) is 16.6. The van der Waals surface area contributed by atoms with Gasteiger partial charge in [0.05, 0.1) is 11.0 Å². The Kier molecular flexibility index (Phi) is 8.59. The molecule has 0 radical (unpaired) electrons. The summed E-state index contributed by atoms with van der Waals surface area (Å²) < 4.78 is 28.5. The van der Waals surface area contributed by atoms with Crippen LogP contribution < -0.4 is 4.98 Å². The van der Waals surface area contributed by atoms with Gasteiger partial charge >= 0.3 is 21.1 Å². The molecule has 0 aliphatic carbocycles. The smallest absolute Gasteiger partial charge is 0.656 e. The van der Waals surface area contributed by atoms with E-state index in [-0.39, 0.29) is 32.0 Å². The van der Waals surface area contributed by atoms with Crippen LogP contribution in [-0.2, 0) is 26.5 Å². The summed E-state index contributed by atoms with van der Waals surface area (Å²) >= 11 is 0. The molecule has 4 aromatic heterocycles. The van der Waals surface area contributed by atoms with Gasteiger partial charge in [0.15, 0.2) is 0 Å². The van der Waals surface area contributed by atoms with E-state index in [1.54, 1.807) is 12.1 Å². The number of nitrogens with zero attached hydrogens (tertiary/aromatic N) is 5. The predicted molar refractivity (Wildman–Crippen MR) is 249 cm³/mol. The van der Waals surface area contributed by atoms with Crippen LogP contribution in [0, 0.1) is 12.9 Å². The molecule has 0 atom stereocenters. The van der Waals surface area contributed by atoms with Gasteiger partial charge < -0.3 is 9.55 Å². The van der Waals surface area contributed by atoms with Crippen LogP contribution in [0.2, 0.25) is 0 Å². The van der Waals surface area contributed by atoms with Gasteiger partial charge in [0, 0.05) is 32.5 Å². The zero-order valence-corrected chi connectivity index (χ0v) is 36.5. The summed E-state index contributed by atoms with van der Waals surface area (Å²) in [5.74, 6) is 1.89. The van der Waals surface area contributed by atoms with Gasteiger partial charge in [-0.3, -0.25) is 4.57 Å². The summed E-state index contributed by atoms with van der Waals surface area (Å²) in [6.45, 7) is 6.76. The molecule has 0 N–H and O–H groups in total. The van der Waals surface area contributed by atoms with Crippen molar-refractivity contribution in [3.05, 3.63) is 192 Å². The second kappa shape index (κ2) is 14.9. The van der Waals surface area contributed by atoms with Crippen LogP contribution in [0.15, 0.2) is 164 Å². The van der Waals surface area contributed by atoms with E-state index >= 15 is 0 Å². The van der Waals surface area contributed by atoms with Gasteiger partial charge in [0.1, 0.15) is 11.6 Å². The summed E-state index contributed by atoms with van der Waals surface area (Å²) in [5.41, 5.74) is 12.7. The Morgan fingerprint density at radius 3 is 2.25 bits per heavy atom. The molecule has 298 valence electrons. The zero-order valence-electron chi connectivity index (χ0n) is 37.2.